The van der Waals surface area contributed by atoms with E-state index in [0.29, 0.717) is 12.3 Å². The molecule has 0 spiro atoms. The summed E-state index contributed by atoms with van der Waals surface area (Å²) in [5, 5.41) is 18.1. The molecule has 0 saturated heterocycles. The molecular formula is C12H16O4. The fourth-order valence-corrected chi connectivity index (χ4v) is 2.90. The van der Waals surface area contributed by atoms with Crippen LogP contribution in [-0.4, -0.2) is 22.2 Å². The Kier molecular flexibility index (Phi) is 2.99. The van der Waals surface area contributed by atoms with Gasteiger partial charge >= 0.3 is 11.9 Å². The highest BCUT2D eigenvalue weighted by Crippen LogP contribution is 2.41. The summed E-state index contributed by atoms with van der Waals surface area (Å²) in [6, 6.07) is 0. The molecule has 2 aliphatic carbocycles. The first-order chi connectivity index (χ1) is 7.59. The van der Waals surface area contributed by atoms with Gasteiger partial charge in [-0.05, 0) is 31.6 Å². The number of fused-ring (bicyclic) bond motifs is 1. The summed E-state index contributed by atoms with van der Waals surface area (Å²) in [7, 11) is 0. The SMILES string of the molecule is O=C(O)C1C=C2CCCCC2CC1C(=O)O. The van der Waals surface area contributed by atoms with E-state index in [1.807, 2.05) is 0 Å². The number of hydrogen-bond donors (Lipinski definition) is 2. The minimum atomic E-state index is -1.01. The zero-order valence-electron chi connectivity index (χ0n) is 9.06. The molecule has 0 aromatic heterocycles. The molecule has 4 nitrogen and oxygen atoms in total. The van der Waals surface area contributed by atoms with Crippen molar-refractivity contribution >= 4 is 11.9 Å². The maximum atomic E-state index is 11.1. The standard InChI is InChI=1S/C12H16O4/c13-11(14)9-5-7-3-1-2-4-8(7)6-10(9)12(15)16/h5,8-10H,1-4,6H2,(H,13,14)(H,15,16). The van der Waals surface area contributed by atoms with Crippen molar-refractivity contribution < 1.29 is 19.8 Å². The summed E-state index contributed by atoms with van der Waals surface area (Å²) in [6.07, 6.45) is 6.40. The fourth-order valence-electron chi connectivity index (χ4n) is 2.90. The van der Waals surface area contributed by atoms with Crippen molar-refractivity contribution in [3.8, 4) is 0 Å². The van der Waals surface area contributed by atoms with Crippen molar-refractivity contribution in [3.05, 3.63) is 11.6 Å². The average Bonchev–Trinajstić information content (AvgIpc) is 2.27. The summed E-state index contributed by atoms with van der Waals surface area (Å²) < 4.78 is 0. The summed E-state index contributed by atoms with van der Waals surface area (Å²) in [5.41, 5.74) is 1.18. The van der Waals surface area contributed by atoms with Crippen molar-refractivity contribution in [2.75, 3.05) is 0 Å². The maximum absolute atomic E-state index is 11.1. The topological polar surface area (TPSA) is 74.6 Å². The van der Waals surface area contributed by atoms with Crippen LogP contribution in [0.1, 0.15) is 32.1 Å². The van der Waals surface area contributed by atoms with Gasteiger partial charge in [0, 0.05) is 0 Å². The zero-order valence-corrected chi connectivity index (χ0v) is 9.06. The maximum Gasteiger partial charge on any atom is 0.311 e. The molecule has 0 aromatic rings. The Morgan fingerprint density at radius 2 is 1.94 bits per heavy atom. The fraction of sp³-hybridized carbons (Fsp3) is 0.667. The predicted octanol–water partition coefficient (Wildman–Crippen LogP) is 1.91. The van der Waals surface area contributed by atoms with E-state index in [-0.39, 0.29) is 0 Å². The normalized spacial score (nSPS) is 33.8. The van der Waals surface area contributed by atoms with Crippen LogP contribution in [0.15, 0.2) is 11.6 Å². The number of carboxylic acid groups (broad SMARTS) is 2. The molecule has 0 heterocycles. The summed E-state index contributed by atoms with van der Waals surface area (Å²) in [4.78, 5) is 22.1. The third-order valence-corrected chi connectivity index (χ3v) is 3.76. The number of carbonyl (C=O) groups is 2. The molecule has 88 valence electrons. The van der Waals surface area contributed by atoms with Crippen molar-refractivity contribution in [1.82, 2.24) is 0 Å². The molecule has 0 amide bonds. The van der Waals surface area contributed by atoms with Crippen LogP contribution in [0.2, 0.25) is 0 Å². The van der Waals surface area contributed by atoms with E-state index < -0.39 is 23.8 Å². The summed E-state index contributed by atoms with van der Waals surface area (Å²) >= 11 is 0. The third kappa shape index (κ3) is 1.96. The van der Waals surface area contributed by atoms with E-state index in [1.165, 1.54) is 5.57 Å². The van der Waals surface area contributed by atoms with E-state index in [1.54, 1.807) is 6.08 Å². The second-order valence-corrected chi connectivity index (χ2v) is 4.73. The lowest BCUT2D eigenvalue weighted by molar-refractivity contribution is -0.152. The molecule has 1 saturated carbocycles. The van der Waals surface area contributed by atoms with Gasteiger partial charge in [-0.3, -0.25) is 9.59 Å². The second kappa shape index (κ2) is 4.28. The molecule has 0 aliphatic heterocycles. The molecule has 4 heteroatoms. The molecule has 3 unspecified atom stereocenters. The van der Waals surface area contributed by atoms with Crippen molar-refractivity contribution in [1.29, 1.82) is 0 Å². The van der Waals surface area contributed by atoms with Crippen LogP contribution in [0, 0.1) is 17.8 Å². The van der Waals surface area contributed by atoms with Gasteiger partial charge in [0.2, 0.25) is 0 Å². The van der Waals surface area contributed by atoms with Crippen LogP contribution >= 0.6 is 0 Å². The molecule has 2 N–H and O–H groups in total. The Morgan fingerprint density at radius 1 is 1.19 bits per heavy atom. The lowest BCUT2D eigenvalue weighted by atomic mass is 9.70. The van der Waals surface area contributed by atoms with Gasteiger partial charge in [-0.2, -0.15) is 0 Å². The van der Waals surface area contributed by atoms with Gasteiger partial charge in [0.05, 0.1) is 11.8 Å². The number of carboxylic acids is 2. The Hall–Kier alpha value is -1.32. The Morgan fingerprint density at radius 3 is 2.56 bits per heavy atom. The lowest BCUT2D eigenvalue weighted by Gasteiger charge is -2.34. The van der Waals surface area contributed by atoms with Crippen molar-refractivity contribution in [3.63, 3.8) is 0 Å². The van der Waals surface area contributed by atoms with Crippen LogP contribution in [0.25, 0.3) is 0 Å². The van der Waals surface area contributed by atoms with Gasteiger partial charge < -0.3 is 10.2 Å². The average molecular weight is 224 g/mol. The largest absolute Gasteiger partial charge is 0.481 e. The van der Waals surface area contributed by atoms with E-state index in [9.17, 15) is 9.59 Å². The number of aliphatic carboxylic acids is 2. The van der Waals surface area contributed by atoms with Gasteiger partial charge in [0.15, 0.2) is 0 Å². The highest BCUT2D eigenvalue weighted by atomic mass is 16.4. The van der Waals surface area contributed by atoms with Crippen LogP contribution in [0.3, 0.4) is 0 Å². The number of allylic oxidation sites excluding steroid dienone is 1. The Bertz CT molecular complexity index is 345. The van der Waals surface area contributed by atoms with Crippen molar-refractivity contribution in [2.45, 2.75) is 32.1 Å². The molecule has 16 heavy (non-hydrogen) atoms. The molecular weight excluding hydrogens is 208 g/mol. The third-order valence-electron chi connectivity index (χ3n) is 3.76. The molecule has 0 aromatic carbocycles. The van der Waals surface area contributed by atoms with Gasteiger partial charge in [-0.25, -0.2) is 0 Å². The summed E-state index contributed by atoms with van der Waals surface area (Å²) in [5.74, 6) is -3.26. The molecule has 2 aliphatic rings. The van der Waals surface area contributed by atoms with Gasteiger partial charge in [0.1, 0.15) is 0 Å². The highest BCUT2D eigenvalue weighted by Gasteiger charge is 2.39. The quantitative estimate of drug-likeness (QED) is 0.702. The first kappa shape index (κ1) is 11.2. The predicted molar refractivity (Wildman–Crippen MR) is 56.9 cm³/mol. The second-order valence-electron chi connectivity index (χ2n) is 4.73. The Balaban J connectivity index is 2.26. The highest BCUT2D eigenvalue weighted by molar-refractivity contribution is 5.82. The smallest absolute Gasteiger partial charge is 0.311 e. The lowest BCUT2D eigenvalue weighted by Crippen LogP contribution is -2.35. The molecule has 0 radical (unpaired) electrons. The van der Waals surface area contributed by atoms with E-state index in [0.717, 1.165) is 25.7 Å². The van der Waals surface area contributed by atoms with Crippen molar-refractivity contribution in [2.24, 2.45) is 17.8 Å². The van der Waals surface area contributed by atoms with Crippen LogP contribution in [-0.2, 0) is 9.59 Å². The van der Waals surface area contributed by atoms with Crippen LogP contribution < -0.4 is 0 Å². The molecule has 1 fully saturated rings. The van der Waals surface area contributed by atoms with Crippen LogP contribution in [0.4, 0.5) is 0 Å². The molecule has 2 rings (SSSR count). The minimum Gasteiger partial charge on any atom is -0.481 e. The first-order valence-electron chi connectivity index (χ1n) is 5.76. The van der Waals surface area contributed by atoms with Crippen LogP contribution in [0.5, 0.6) is 0 Å². The zero-order chi connectivity index (χ0) is 11.7. The minimum absolute atomic E-state index is 0.311. The number of rotatable bonds is 2. The Labute approximate surface area is 94.0 Å². The molecule has 3 atom stereocenters. The van der Waals surface area contributed by atoms with Gasteiger partial charge in [-0.15, -0.1) is 0 Å². The first-order valence-corrected chi connectivity index (χ1v) is 5.76. The number of hydrogen-bond acceptors (Lipinski definition) is 2. The van der Waals surface area contributed by atoms with E-state index >= 15 is 0 Å². The molecule has 0 bridgehead atoms. The van der Waals surface area contributed by atoms with Gasteiger partial charge in [0.25, 0.3) is 0 Å². The van der Waals surface area contributed by atoms with E-state index in [4.69, 9.17) is 10.2 Å². The summed E-state index contributed by atoms with van der Waals surface area (Å²) in [6.45, 7) is 0. The van der Waals surface area contributed by atoms with Gasteiger partial charge in [-0.1, -0.05) is 18.1 Å². The van der Waals surface area contributed by atoms with E-state index in [2.05, 4.69) is 0 Å². The monoisotopic (exact) mass is 224 g/mol.